The minimum absolute atomic E-state index is 0.0869. The second kappa shape index (κ2) is 9.86. The summed E-state index contributed by atoms with van der Waals surface area (Å²) in [7, 11) is 1.59. The summed E-state index contributed by atoms with van der Waals surface area (Å²) >= 11 is 1.34. The van der Waals surface area contributed by atoms with Crippen molar-refractivity contribution in [2.75, 3.05) is 31.3 Å². The average Bonchev–Trinajstić information content (AvgIpc) is 2.62. The quantitative estimate of drug-likeness (QED) is 0.562. The lowest BCUT2D eigenvalue weighted by Crippen LogP contribution is -2.28. The van der Waals surface area contributed by atoms with E-state index in [1.54, 1.807) is 13.2 Å². The molecule has 6 heteroatoms. The molecule has 5 nitrogen and oxygen atoms in total. The van der Waals surface area contributed by atoms with Crippen LogP contribution in [0.25, 0.3) is 0 Å². The van der Waals surface area contributed by atoms with Gasteiger partial charge in [0.25, 0.3) is 5.91 Å². The largest absolute Gasteiger partial charge is 0.383 e. The second-order valence-corrected chi connectivity index (χ2v) is 6.41. The number of aryl methyl sites for hydroxylation is 1. The standard InChI is InChI=1S/C19H22N2O3S/c1-14-7-3-5-9-16(14)21-19(23)15-8-4-6-10-17(15)25-13-18(22)20-11-12-24-2/h3-10H,11-13H2,1-2H3,(H,20,22)(H,21,23). The van der Waals surface area contributed by atoms with Crippen LogP contribution < -0.4 is 10.6 Å². The van der Waals surface area contributed by atoms with Crippen LogP contribution in [0.5, 0.6) is 0 Å². The number of amides is 2. The topological polar surface area (TPSA) is 67.4 Å². The fourth-order valence-electron chi connectivity index (χ4n) is 2.17. The molecule has 0 radical (unpaired) electrons. The highest BCUT2D eigenvalue weighted by Gasteiger charge is 2.13. The molecule has 0 aromatic heterocycles. The van der Waals surface area contributed by atoms with E-state index in [1.165, 1.54) is 11.8 Å². The van der Waals surface area contributed by atoms with E-state index in [0.29, 0.717) is 18.7 Å². The van der Waals surface area contributed by atoms with Crippen LogP contribution >= 0.6 is 11.8 Å². The van der Waals surface area contributed by atoms with Gasteiger partial charge in [-0.25, -0.2) is 0 Å². The molecule has 2 aromatic rings. The van der Waals surface area contributed by atoms with Gasteiger partial charge < -0.3 is 15.4 Å². The Balaban J connectivity index is 2.01. The molecule has 0 unspecified atom stereocenters. The van der Waals surface area contributed by atoms with E-state index in [-0.39, 0.29) is 17.6 Å². The van der Waals surface area contributed by atoms with Crippen LogP contribution in [-0.2, 0) is 9.53 Å². The fraction of sp³-hybridized carbons (Fsp3) is 0.263. The van der Waals surface area contributed by atoms with Crippen molar-refractivity contribution < 1.29 is 14.3 Å². The van der Waals surface area contributed by atoms with E-state index < -0.39 is 0 Å². The van der Waals surface area contributed by atoms with E-state index in [9.17, 15) is 9.59 Å². The van der Waals surface area contributed by atoms with Crippen LogP contribution in [0.1, 0.15) is 15.9 Å². The van der Waals surface area contributed by atoms with Crippen LogP contribution in [0.4, 0.5) is 5.69 Å². The molecule has 0 atom stereocenters. The molecule has 0 bridgehead atoms. The number of para-hydroxylation sites is 1. The van der Waals surface area contributed by atoms with Crippen molar-refractivity contribution in [3.05, 3.63) is 59.7 Å². The molecule has 132 valence electrons. The third kappa shape index (κ3) is 5.92. The van der Waals surface area contributed by atoms with E-state index in [0.717, 1.165) is 16.1 Å². The smallest absolute Gasteiger partial charge is 0.256 e. The number of rotatable bonds is 8. The van der Waals surface area contributed by atoms with Crippen molar-refractivity contribution in [3.8, 4) is 0 Å². The minimum atomic E-state index is -0.183. The molecule has 0 saturated carbocycles. The first-order valence-corrected chi connectivity index (χ1v) is 8.95. The molecule has 0 aliphatic carbocycles. The van der Waals surface area contributed by atoms with Crippen LogP contribution in [-0.4, -0.2) is 37.8 Å². The van der Waals surface area contributed by atoms with Gasteiger partial charge >= 0.3 is 0 Å². The lowest BCUT2D eigenvalue weighted by Gasteiger charge is -2.11. The Labute approximate surface area is 152 Å². The molecule has 0 saturated heterocycles. The first kappa shape index (κ1) is 19.0. The molecular weight excluding hydrogens is 336 g/mol. The SMILES string of the molecule is COCCNC(=O)CSc1ccccc1C(=O)Nc1ccccc1C. The van der Waals surface area contributed by atoms with Crippen molar-refractivity contribution in [2.45, 2.75) is 11.8 Å². The monoisotopic (exact) mass is 358 g/mol. The summed E-state index contributed by atoms with van der Waals surface area (Å²) in [6, 6.07) is 14.9. The first-order chi connectivity index (χ1) is 12.1. The summed E-state index contributed by atoms with van der Waals surface area (Å²) in [6.07, 6.45) is 0. The summed E-state index contributed by atoms with van der Waals surface area (Å²) in [5.41, 5.74) is 2.34. The van der Waals surface area contributed by atoms with Gasteiger partial charge in [0.2, 0.25) is 5.91 Å². The normalized spacial score (nSPS) is 10.3. The Morgan fingerprint density at radius 2 is 1.80 bits per heavy atom. The van der Waals surface area contributed by atoms with Gasteiger partial charge in [0.1, 0.15) is 0 Å². The summed E-state index contributed by atoms with van der Waals surface area (Å²) in [5.74, 6) is -0.0217. The number of carbonyl (C=O) groups is 2. The predicted octanol–water partition coefficient (Wildman–Crippen LogP) is 3.10. The van der Waals surface area contributed by atoms with E-state index in [4.69, 9.17) is 4.74 Å². The number of thioether (sulfide) groups is 1. The number of ether oxygens (including phenoxy) is 1. The summed E-state index contributed by atoms with van der Waals surface area (Å²) in [6.45, 7) is 2.90. The van der Waals surface area contributed by atoms with Gasteiger partial charge in [-0.05, 0) is 30.7 Å². The molecule has 2 aromatic carbocycles. The Morgan fingerprint density at radius 1 is 1.08 bits per heavy atom. The zero-order valence-corrected chi connectivity index (χ0v) is 15.2. The molecule has 0 spiro atoms. The van der Waals surface area contributed by atoms with Gasteiger partial charge in [-0.15, -0.1) is 11.8 Å². The Hall–Kier alpha value is -2.31. The average molecular weight is 358 g/mol. The fourth-order valence-corrected chi connectivity index (χ4v) is 3.05. The molecule has 0 fully saturated rings. The van der Waals surface area contributed by atoms with Crippen LogP contribution in [0.3, 0.4) is 0 Å². The maximum Gasteiger partial charge on any atom is 0.256 e. The maximum atomic E-state index is 12.6. The Morgan fingerprint density at radius 3 is 2.56 bits per heavy atom. The lowest BCUT2D eigenvalue weighted by molar-refractivity contribution is -0.118. The van der Waals surface area contributed by atoms with Crippen LogP contribution in [0, 0.1) is 6.92 Å². The van der Waals surface area contributed by atoms with Crippen LogP contribution in [0.15, 0.2) is 53.4 Å². The molecule has 0 heterocycles. The van der Waals surface area contributed by atoms with Crippen molar-refractivity contribution in [1.82, 2.24) is 5.32 Å². The summed E-state index contributed by atoms with van der Waals surface area (Å²) in [5, 5.41) is 5.69. The molecule has 25 heavy (non-hydrogen) atoms. The van der Waals surface area contributed by atoms with Crippen molar-refractivity contribution in [1.29, 1.82) is 0 Å². The molecule has 2 rings (SSSR count). The third-order valence-electron chi connectivity index (χ3n) is 3.51. The zero-order chi connectivity index (χ0) is 18.1. The van der Waals surface area contributed by atoms with E-state index in [2.05, 4.69) is 10.6 Å². The van der Waals surface area contributed by atoms with Crippen molar-refractivity contribution in [3.63, 3.8) is 0 Å². The van der Waals surface area contributed by atoms with E-state index in [1.807, 2.05) is 49.4 Å². The van der Waals surface area contributed by atoms with Crippen LogP contribution in [0.2, 0.25) is 0 Å². The van der Waals surface area contributed by atoms with Gasteiger partial charge in [0.05, 0.1) is 17.9 Å². The van der Waals surface area contributed by atoms with Gasteiger partial charge in [-0.2, -0.15) is 0 Å². The van der Waals surface area contributed by atoms with Gasteiger partial charge in [0.15, 0.2) is 0 Å². The number of carbonyl (C=O) groups excluding carboxylic acids is 2. The highest BCUT2D eigenvalue weighted by atomic mass is 32.2. The molecule has 2 N–H and O–H groups in total. The third-order valence-corrected chi connectivity index (χ3v) is 4.59. The highest BCUT2D eigenvalue weighted by molar-refractivity contribution is 8.00. The Kier molecular flexibility index (Phi) is 7.50. The highest BCUT2D eigenvalue weighted by Crippen LogP contribution is 2.24. The second-order valence-electron chi connectivity index (χ2n) is 5.40. The molecule has 0 aliphatic rings. The van der Waals surface area contributed by atoms with Gasteiger partial charge in [-0.3, -0.25) is 9.59 Å². The van der Waals surface area contributed by atoms with Crippen molar-refractivity contribution >= 4 is 29.3 Å². The number of hydrogen-bond acceptors (Lipinski definition) is 4. The zero-order valence-electron chi connectivity index (χ0n) is 14.4. The predicted molar refractivity (Wildman–Crippen MR) is 101 cm³/mol. The summed E-state index contributed by atoms with van der Waals surface area (Å²) in [4.78, 5) is 25.2. The lowest BCUT2D eigenvalue weighted by atomic mass is 10.1. The molecule has 0 aliphatic heterocycles. The number of hydrogen-bond donors (Lipinski definition) is 2. The van der Waals surface area contributed by atoms with Crippen molar-refractivity contribution in [2.24, 2.45) is 0 Å². The maximum absolute atomic E-state index is 12.6. The first-order valence-electron chi connectivity index (χ1n) is 7.96. The summed E-state index contributed by atoms with van der Waals surface area (Å²) < 4.78 is 4.90. The number of nitrogens with one attached hydrogen (secondary N) is 2. The number of anilines is 1. The number of methoxy groups -OCH3 is 1. The molecular formula is C19H22N2O3S. The van der Waals surface area contributed by atoms with Gasteiger partial charge in [0, 0.05) is 24.2 Å². The molecule has 2 amide bonds. The van der Waals surface area contributed by atoms with E-state index >= 15 is 0 Å². The minimum Gasteiger partial charge on any atom is -0.383 e. The van der Waals surface area contributed by atoms with Gasteiger partial charge in [-0.1, -0.05) is 30.3 Å². The Bertz CT molecular complexity index is 734. The number of benzene rings is 2.